The molecule has 1 aromatic heterocycles. The molecule has 188 valence electrons. The van der Waals surface area contributed by atoms with Gasteiger partial charge in [0.05, 0.1) is 31.8 Å². The molecule has 2 fully saturated rings. The molecule has 1 unspecified atom stereocenters. The Bertz CT molecular complexity index is 1080. The third-order valence-electron chi connectivity index (χ3n) is 5.19. The Labute approximate surface area is 200 Å². The van der Waals surface area contributed by atoms with Gasteiger partial charge >= 0.3 is 12.5 Å². The first kappa shape index (κ1) is 24.7. The van der Waals surface area contributed by atoms with Crippen LogP contribution in [0.3, 0.4) is 0 Å². The lowest BCUT2D eigenvalue weighted by molar-refractivity contribution is -0.181. The van der Waals surface area contributed by atoms with Gasteiger partial charge in [0.25, 0.3) is 11.8 Å². The lowest BCUT2D eigenvalue weighted by Crippen LogP contribution is -2.41. The number of alkyl halides is 2. The molecule has 3 heterocycles. The maximum atomic E-state index is 15.0. The smallest absolute Gasteiger partial charge is 0.416 e. The zero-order valence-corrected chi connectivity index (χ0v) is 18.8. The molecule has 0 aliphatic carbocycles. The predicted molar refractivity (Wildman–Crippen MR) is 114 cm³/mol. The minimum absolute atomic E-state index is 0.00575. The van der Waals surface area contributed by atoms with Crippen LogP contribution in [0, 0.1) is 11.6 Å². The second kappa shape index (κ2) is 10.4. The minimum atomic E-state index is -3.31. The van der Waals surface area contributed by atoms with E-state index in [4.69, 9.17) is 9.57 Å². The van der Waals surface area contributed by atoms with E-state index in [9.17, 15) is 31.9 Å². The highest BCUT2D eigenvalue weighted by molar-refractivity contribution is 7.09. The van der Waals surface area contributed by atoms with Crippen molar-refractivity contribution in [3.8, 4) is 0 Å². The van der Waals surface area contributed by atoms with E-state index in [2.05, 4.69) is 4.98 Å². The number of carbonyl (C=O) groups excluding carboxylic acids is 3. The van der Waals surface area contributed by atoms with E-state index >= 15 is 0 Å². The number of amides is 3. The fraction of sp³-hybridized carbons (Fsp3) is 0.400. The molecule has 1 N–H and O–H groups in total. The lowest BCUT2D eigenvalue weighted by atomic mass is 10.2. The van der Waals surface area contributed by atoms with Crippen LogP contribution < -0.4 is 15.1 Å². The van der Waals surface area contributed by atoms with Gasteiger partial charge in [0.2, 0.25) is 0 Å². The van der Waals surface area contributed by atoms with E-state index in [0.29, 0.717) is 5.01 Å². The Morgan fingerprint density at radius 3 is 2.60 bits per heavy atom. The summed E-state index contributed by atoms with van der Waals surface area (Å²) in [6, 6.07) is 1.79. The summed E-state index contributed by atoms with van der Waals surface area (Å²) in [6.07, 6.45) is -4.15. The molecule has 2 saturated heterocycles. The second-order valence-electron chi connectivity index (χ2n) is 7.47. The van der Waals surface area contributed by atoms with Gasteiger partial charge in [0.1, 0.15) is 10.7 Å². The molecule has 2 aromatic rings. The average Bonchev–Trinajstić information content (AvgIpc) is 3.36. The summed E-state index contributed by atoms with van der Waals surface area (Å²) in [5, 5.41) is 5.31. The Hall–Kier alpha value is -3.46. The van der Waals surface area contributed by atoms with Crippen molar-refractivity contribution in [2.45, 2.75) is 19.1 Å². The monoisotopic (exact) mass is 517 g/mol. The number of thiazole rings is 1. The number of nitrogens with zero attached hydrogens (tertiary/aromatic N) is 4. The number of halogens is 4. The summed E-state index contributed by atoms with van der Waals surface area (Å²) in [5.74, 6) is -3.95. The first-order valence-corrected chi connectivity index (χ1v) is 11.2. The maximum Gasteiger partial charge on any atom is 0.416 e. The van der Waals surface area contributed by atoms with Crippen molar-refractivity contribution in [3.05, 3.63) is 40.4 Å². The van der Waals surface area contributed by atoms with Gasteiger partial charge in [-0.1, -0.05) is 0 Å². The van der Waals surface area contributed by atoms with Crippen molar-refractivity contribution in [2.75, 3.05) is 42.6 Å². The van der Waals surface area contributed by atoms with Crippen molar-refractivity contribution in [1.29, 1.82) is 0 Å². The van der Waals surface area contributed by atoms with Gasteiger partial charge < -0.3 is 15.0 Å². The molecular formula is C20H19F4N5O5S. The standard InChI is InChI=1S/C20H19F4N5O5S/c21-12-7-11(28-10-14(34-20(28)32)26-19(31)18(23)24)8-13(22)17(12)27-2-3-29(33-5-4-27)16(30)9-15-25-1-6-35-15/h1,6-8,14,18H,2-5,9-10H2,(H,26,31). The van der Waals surface area contributed by atoms with Crippen LogP contribution >= 0.6 is 11.3 Å². The van der Waals surface area contributed by atoms with Crippen LogP contribution in [0.1, 0.15) is 5.01 Å². The third-order valence-corrected chi connectivity index (χ3v) is 5.97. The number of hydroxylamine groups is 2. The Morgan fingerprint density at radius 2 is 1.94 bits per heavy atom. The molecule has 0 saturated carbocycles. The molecule has 2 aliphatic heterocycles. The van der Waals surface area contributed by atoms with Crippen LogP contribution in [0.2, 0.25) is 0 Å². The van der Waals surface area contributed by atoms with Crippen molar-refractivity contribution in [2.24, 2.45) is 0 Å². The van der Waals surface area contributed by atoms with Crippen LogP contribution in [-0.4, -0.2) is 73.4 Å². The summed E-state index contributed by atoms with van der Waals surface area (Å²) < 4.78 is 59.5. The molecule has 10 nitrogen and oxygen atoms in total. The number of rotatable bonds is 6. The molecule has 35 heavy (non-hydrogen) atoms. The second-order valence-corrected chi connectivity index (χ2v) is 8.45. The van der Waals surface area contributed by atoms with E-state index in [-0.39, 0.29) is 49.9 Å². The number of carbonyl (C=O) groups is 3. The molecule has 2 aliphatic rings. The van der Waals surface area contributed by atoms with Crippen LogP contribution in [-0.2, 0) is 25.6 Å². The van der Waals surface area contributed by atoms with Crippen LogP contribution in [0.4, 0.5) is 33.7 Å². The van der Waals surface area contributed by atoms with Crippen LogP contribution in [0.15, 0.2) is 23.7 Å². The number of ether oxygens (including phenoxy) is 1. The topological polar surface area (TPSA) is 104 Å². The summed E-state index contributed by atoms with van der Waals surface area (Å²) in [6.45, 7) is -0.210. The van der Waals surface area contributed by atoms with Gasteiger partial charge in [-0.25, -0.2) is 23.6 Å². The van der Waals surface area contributed by atoms with Gasteiger partial charge in [-0.05, 0) is 0 Å². The number of nitrogens with one attached hydrogen (secondary N) is 1. The quantitative estimate of drug-likeness (QED) is 0.584. The van der Waals surface area contributed by atoms with Crippen molar-refractivity contribution in [3.63, 3.8) is 0 Å². The molecule has 15 heteroatoms. The minimum Gasteiger partial charge on any atom is -0.423 e. The van der Waals surface area contributed by atoms with Gasteiger partial charge in [-0.15, -0.1) is 11.3 Å². The zero-order valence-electron chi connectivity index (χ0n) is 18.0. The number of cyclic esters (lactones) is 1. The number of hydrogen-bond acceptors (Lipinski definition) is 8. The molecule has 3 amide bonds. The normalized spacial score (nSPS) is 18.6. The highest BCUT2D eigenvalue weighted by Crippen LogP contribution is 2.31. The maximum absolute atomic E-state index is 15.0. The Balaban J connectivity index is 1.43. The largest absolute Gasteiger partial charge is 0.423 e. The Kier molecular flexibility index (Phi) is 7.35. The summed E-state index contributed by atoms with van der Waals surface area (Å²) >= 11 is 1.32. The molecule has 0 spiro atoms. The highest BCUT2D eigenvalue weighted by atomic mass is 32.1. The number of hydrogen-bond donors (Lipinski definition) is 1. The lowest BCUT2D eigenvalue weighted by Gasteiger charge is -2.24. The number of benzene rings is 1. The van der Waals surface area contributed by atoms with E-state index in [1.807, 2.05) is 5.32 Å². The van der Waals surface area contributed by atoms with Gasteiger partial charge in [0.15, 0.2) is 17.9 Å². The van der Waals surface area contributed by atoms with Gasteiger partial charge in [-0.3, -0.25) is 19.3 Å². The third kappa shape index (κ3) is 5.62. The van der Waals surface area contributed by atoms with Gasteiger partial charge in [0, 0.05) is 36.8 Å². The van der Waals surface area contributed by atoms with E-state index in [0.717, 1.165) is 22.1 Å². The summed E-state index contributed by atoms with van der Waals surface area (Å²) in [4.78, 5) is 47.3. The van der Waals surface area contributed by atoms with E-state index < -0.39 is 42.8 Å². The SMILES string of the molecule is O=C(NC1CN(c2cc(F)c(N3CCON(C(=O)Cc4nccs4)CC3)c(F)c2)C(=O)O1)C(F)F. The fourth-order valence-corrected chi connectivity index (χ4v) is 4.22. The molecule has 1 aromatic carbocycles. The van der Waals surface area contributed by atoms with E-state index in [1.165, 1.54) is 16.2 Å². The fourth-order valence-electron chi connectivity index (χ4n) is 3.61. The number of aromatic nitrogens is 1. The van der Waals surface area contributed by atoms with E-state index in [1.54, 1.807) is 11.6 Å². The van der Waals surface area contributed by atoms with Crippen LogP contribution in [0.5, 0.6) is 0 Å². The Morgan fingerprint density at radius 1 is 1.20 bits per heavy atom. The average molecular weight is 517 g/mol. The van der Waals surface area contributed by atoms with Gasteiger partial charge in [-0.2, -0.15) is 8.78 Å². The summed E-state index contributed by atoms with van der Waals surface area (Å²) in [7, 11) is 0. The molecule has 1 atom stereocenters. The number of anilines is 2. The first-order valence-electron chi connectivity index (χ1n) is 10.3. The van der Waals surface area contributed by atoms with Crippen molar-refractivity contribution in [1.82, 2.24) is 15.4 Å². The molecule has 0 radical (unpaired) electrons. The highest BCUT2D eigenvalue weighted by Gasteiger charge is 2.36. The van der Waals surface area contributed by atoms with Crippen molar-refractivity contribution >= 4 is 40.6 Å². The zero-order chi connectivity index (χ0) is 25.1. The summed E-state index contributed by atoms with van der Waals surface area (Å²) in [5.41, 5.74) is -0.587. The molecule has 0 bridgehead atoms. The molecular weight excluding hydrogens is 498 g/mol. The predicted octanol–water partition coefficient (Wildman–Crippen LogP) is 1.91. The van der Waals surface area contributed by atoms with Crippen LogP contribution in [0.25, 0.3) is 0 Å². The first-order chi connectivity index (χ1) is 16.7. The van der Waals surface area contributed by atoms with Crippen molar-refractivity contribution < 1.29 is 41.5 Å². The molecule has 4 rings (SSSR count).